The lowest BCUT2D eigenvalue weighted by Gasteiger charge is -2.43. The fraction of sp³-hybridized carbons (Fsp3) is 0.179. The highest BCUT2D eigenvalue weighted by Gasteiger charge is 2.47. The van der Waals surface area contributed by atoms with Crippen LogP contribution in [0.5, 0.6) is 0 Å². The van der Waals surface area contributed by atoms with E-state index in [0.717, 1.165) is 36.1 Å². The van der Waals surface area contributed by atoms with Gasteiger partial charge in [0.1, 0.15) is 11.2 Å². The molecule has 0 saturated heterocycles. The zero-order chi connectivity index (χ0) is 39.0. The maximum atomic E-state index is 7.22. The van der Waals surface area contributed by atoms with E-state index in [0.29, 0.717) is 11.8 Å². The Hall–Kier alpha value is -6.22. The summed E-state index contributed by atoms with van der Waals surface area (Å²) in [5.74, 6) is 0.663. The monoisotopic (exact) mass is 749 g/mol. The van der Waals surface area contributed by atoms with Crippen molar-refractivity contribution in [2.75, 3.05) is 6.54 Å². The van der Waals surface area contributed by atoms with Crippen LogP contribution in [0.15, 0.2) is 192 Å². The molecule has 11 rings (SSSR count). The summed E-state index contributed by atoms with van der Waals surface area (Å²) < 4.78 is 7.22. The predicted molar refractivity (Wildman–Crippen MR) is 245 cm³/mol. The average molecular weight is 750 g/mol. The van der Waals surface area contributed by atoms with E-state index in [4.69, 9.17) is 4.42 Å². The zero-order valence-corrected chi connectivity index (χ0v) is 33.2. The maximum Gasteiger partial charge on any atom is 0.144 e. The van der Waals surface area contributed by atoms with E-state index >= 15 is 0 Å². The first-order valence-corrected chi connectivity index (χ1v) is 21.0. The molecular formula is C56H47NO. The highest BCUT2D eigenvalue weighted by molar-refractivity contribution is 6.25. The van der Waals surface area contributed by atoms with Crippen LogP contribution in [0, 0.1) is 11.8 Å². The van der Waals surface area contributed by atoms with E-state index in [9.17, 15) is 0 Å². The Balaban J connectivity index is 1.03. The molecular weight excluding hydrogens is 703 g/mol. The van der Waals surface area contributed by atoms with Crippen molar-refractivity contribution >= 4 is 49.9 Å². The fourth-order valence-electron chi connectivity index (χ4n) is 11.1. The van der Waals surface area contributed by atoms with Crippen molar-refractivity contribution in [2.45, 2.75) is 44.2 Å². The summed E-state index contributed by atoms with van der Waals surface area (Å²) in [6, 6.07) is 35.7. The predicted octanol–water partition coefficient (Wildman–Crippen LogP) is 12.1. The van der Waals surface area contributed by atoms with E-state index in [-0.39, 0.29) is 17.5 Å². The molecule has 4 atom stereocenters. The first kappa shape index (κ1) is 35.0. The van der Waals surface area contributed by atoms with Crippen molar-refractivity contribution < 1.29 is 4.42 Å². The third-order valence-electron chi connectivity index (χ3n) is 13.6. The van der Waals surface area contributed by atoms with Gasteiger partial charge in [-0.05, 0) is 67.5 Å². The second-order valence-electron chi connectivity index (χ2n) is 17.0. The minimum absolute atomic E-state index is 0.207. The van der Waals surface area contributed by atoms with Gasteiger partial charge in [0.15, 0.2) is 0 Å². The Bertz CT molecular complexity index is 3050. The van der Waals surface area contributed by atoms with Gasteiger partial charge in [-0.3, -0.25) is 4.90 Å². The van der Waals surface area contributed by atoms with E-state index in [2.05, 4.69) is 195 Å². The number of furan rings is 1. The second kappa shape index (κ2) is 13.7. The van der Waals surface area contributed by atoms with Crippen LogP contribution in [0.4, 0.5) is 0 Å². The van der Waals surface area contributed by atoms with E-state index in [1.807, 2.05) is 6.08 Å². The summed E-state index contributed by atoms with van der Waals surface area (Å²) in [5.41, 5.74) is 12.4. The number of hydrogen-bond acceptors (Lipinski definition) is 2. The first-order valence-electron chi connectivity index (χ1n) is 21.0. The van der Waals surface area contributed by atoms with Crippen molar-refractivity contribution in [2.24, 2.45) is 11.8 Å². The summed E-state index contributed by atoms with van der Waals surface area (Å²) in [5, 5.41) is 7.67. The van der Waals surface area contributed by atoms with Crippen molar-refractivity contribution in [1.82, 2.24) is 4.90 Å². The molecule has 5 aliphatic carbocycles. The highest BCUT2D eigenvalue weighted by Crippen LogP contribution is 2.57. The molecule has 58 heavy (non-hydrogen) atoms. The summed E-state index contributed by atoms with van der Waals surface area (Å²) in [4.78, 5) is 2.75. The molecule has 2 heteroatoms. The third-order valence-corrected chi connectivity index (χ3v) is 13.6. The van der Waals surface area contributed by atoms with Gasteiger partial charge in [-0.15, -0.1) is 0 Å². The third kappa shape index (κ3) is 5.28. The number of para-hydroxylation sites is 1. The van der Waals surface area contributed by atoms with Crippen LogP contribution in [-0.2, 0) is 5.41 Å². The number of rotatable bonds is 7. The molecule has 0 bridgehead atoms. The molecule has 0 saturated carbocycles. The first-order chi connectivity index (χ1) is 28.5. The SMILES string of the molecule is C=C/C=C\CN(C1CC=CC2=C1C(C)(C)c1c2c2oc3c(-c4ccccc4)cccc3c2c2ccccc12)[C@@H]1C=CC([C@H]2C=c3ccccc3=C3C=CC=CC32)=CC1. The number of allylic oxidation sites excluding steroid dienone is 10. The number of nitrogens with zero attached hydrogens (tertiary/aromatic N) is 1. The topological polar surface area (TPSA) is 16.4 Å². The van der Waals surface area contributed by atoms with Gasteiger partial charge in [-0.25, -0.2) is 0 Å². The molecule has 1 aromatic heterocycles. The van der Waals surface area contributed by atoms with Crippen LogP contribution in [0.2, 0.25) is 0 Å². The molecule has 5 aliphatic rings. The molecule has 0 spiro atoms. The van der Waals surface area contributed by atoms with Gasteiger partial charge in [0.2, 0.25) is 0 Å². The van der Waals surface area contributed by atoms with Crippen molar-refractivity contribution in [1.29, 1.82) is 0 Å². The normalized spacial score (nSPS) is 22.7. The van der Waals surface area contributed by atoms with Crippen LogP contribution in [0.3, 0.4) is 0 Å². The Kier molecular flexibility index (Phi) is 8.27. The minimum Gasteiger partial charge on any atom is -0.455 e. The molecule has 6 aromatic rings. The van der Waals surface area contributed by atoms with Crippen molar-refractivity contribution in [3.63, 3.8) is 0 Å². The van der Waals surface area contributed by atoms with Gasteiger partial charge in [0.25, 0.3) is 0 Å². The zero-order valence-electron chi connectivity index (χ0n) is 33.2. The lowest BCUT2D eigenvalue weighted by Crippen LogP contribution is -2.47. The molecule has 5 aromatic carbocycles. The fourth-order valence-corrected chi connectivity index (χ4v) is 11.1. The summed E-state index contributed by atoms with van der Waals surface area (Å²) >= 11 is 0. The van der Waals surface area contributed by atoms with E-state index in [1.165, 1.54) is 71.0 Å². The Morgan fingerprint density at radius 1 is 0.776 bits per heavy atom. The van der Waals surface area contributed by atoms with Crippen molar-refractivity contribution in [3.8, 4) is 11.1 Å². The quantitative estimate of drug-likeness (QED) is 0.151. The number of hydrogen-bond donors (Lipinski definition) is 0. The van der Waals surface area contributed by atoms with Crippen LogP contribution in [0.25, 0.3) is 61.1 Å². The average Bonchev–Trinajstić information content (AvgIpc) is 3.78. The van der Waals surface area contributed by atoms with Crippen LogP contribution < -0.4 is 10.4 Å². The highest BCUT2D eigenvalue weighted by atomic mass is 16.3. The van der Waals surface area contributed by atoms with Crippen LogP contribution in [0.1, 0.15) is 37.8 Å². The molecule has 0 amide bonds. The number of fused-ring (bicyclic) bond motifs is 11. The summed E-state index contributed by atoms with van der Waals surface area (Å²) in [6.45, 7) is 9.78. The Labute approximate surface area is 340 Å². The van der Waals surface area contributed by atoms with Gasteiger partial charge < -0.3 is 4.42 Å². The minimum atomic E-state index is -0.230. The summed E-state index contributed by atoms with van der Waals surface area (Å²) in [6.07, 6.45) is 32.2. The largest absolute Gasteiger partial charge is 0.455 e. The van der Waals surface area contributed by atoms with Crippen molar-refractivity contribution in [3.05, 3.63) is 209 Å². The Morgan fingerprint density at radius 2 is 1.59 bits per heavy atom. The molecule has 0 aliphatic heterocycles. The van der Waals surface area contributed by atoms with Gasteiger partial charge in [0.05, 0.1) is 0 Å². The Morgan fingerprint density at radius 3 is 2.43 bits per heavy atom. The molecule has 282 valence electrons. The second-order valence-corrected chi connectivity index (χ2v) is 17.0. The molecule has 0 N–H and O–H groups in total. The number of benzene rings is 5. The van der Waals surface area contributed by atoms with Gasteiger partial charge in [0, 0.05) is 57.8 Å². The lowest BCUT2D eigenvalue weighted by atomic mass is 9.73. The standard InChI is InChI=1S/C56H47NO/c1-4-5-15-34-57(39-32-30-37(31-33-39)48-35-38-20-9-10-21-40(38)42-22-11-12-23-43(42)48)49-29-17-27-46-51-53(56(2,3)52(46)49)45-25-14-13-24-44(45)50-47-28-16-26-41(54(47)58-55(50)51)36-18-7-6-8-19-36/h4-28,30-32,35,39,43,48-49H,1,29,33-34H2,2-3H3/b15-5-/t39-,43?,48-,49?/m1/s1. The van der Waals surface area contributed by atoms with Crippen LogP contribution in [-0.4, -0.2) is 23.5 Å². The smallest absolute Gasteiger partial charge is 0.144 e. The molecule has 0 fully saturated rings. The molecule has 2 unspecified atom stereocenters. The van der Waals surface area contributed by atoms with E-state index < -0.39 is 0 Å². The van der Waals surface area contributed by atoms with Gasteiger partial charge >= 0.3 is 0 Å². The van der Waals surface area contributed by atoms with Crippen LogP contribution >= 0.6 is 0 Å². The van der Waals surface area contributed by atoms with Gasteiger partial charge in [-0.2, -0.15) is 0 Å². The molecule has 1 heterocycles. The lowest BCUT2D eigenvalue weighted by molar-refractivity contribution is 0.191. The van der Waals surface area contributed by atoms with Gasteiger partial charge in [-0.1, -0.05) is 196 Å². The van der Waals surface area contributed by atoms with E-state index in [1.54, 1.807) is 0 Å². The molecule has 0 radical (unpaired) electrons. The maximum absolute atomic E-state index is 7.22. The summed E-state index contributed by atoms with van der Waals surface area (Å²) in [7, 11) is 0. The molecule has 2 nitrogen and oxygen atoms in total.